The Morgan fingerprint density at radius 2 is 2.05 bits per heavy atom. The minimum absolute atomic E-state index is 0. The van der Waals surface area contributed by atoms with Crippen molar-refractivity contribution < 1.29 is 0 Å². The minimum Gasteiger partial charge on any atom is -0.375 e. The molecule has 0 aliphatic carbocycles. The maximum absolute atomic E-state index is 5.71. The summed E-state index contributed by atoms with van der Waals surface area (Å²) in [5.41, 5.74) is 7.46. The van der Waals surface area contributed by atoms with Crippen LogP contribution in [0.25, 0.3) is 0 Å². The second-order valence-electron chi connectivity index (χ2n) is 6.29. The Balaban J connectivity index is 0.00000161. The standard InChI is InChI=1S/C16H21N3S.ClH/c1-16(2)11-19(9-13-8-18-15(17)20-13)10-14(16)12-6-4-3-5-7-12;/h3-8,14H,9-11H2,1-2H3,(H2,17,18);1H. The highest BCUT2D eigenvalue weighted by Gasteiger charge is 2.39. The van der Waals surface area contributed by atoms with Crippen LogP contribution in [0.2, 0.25) is 0 Å². The van der Waals surface area contributed by atoms with E-state index in [2.05, 4.69) is 54.1 Å². The molecule has 5 heteroatoms. The molecule has 0 spiro atoms. The van der Waals surface area contributed by atoms with Crippen molar-refractivity contribution in [1.29, 1.82) is 0 Å². The van der Waals surface area contributed by atoms with Crippen LogP contribution in [0, 0.1) is 5.41 Å². The third kappa shape index (κ3) is 3.57. The van der Waals surface area contributed by atoms with Crippen molar-refractivity contribution in [3.63, 3.8) is 0 Å². The normalized spacial score (nSPS) is 21.1. The van der Waals surface area contributed by atoms with E-state index in [1.165, 1.54) is 10.4 Å². The van der Waals surface area contributed by atoms with Crippen LogP contribution in [-0.2, 0) is 6.54 Å². The third-order valence-corrected chi connectivity index (χ3v) is 4.98. The van der Waals surface area contributed by atoms with Crippen molar-refractivity contribution >= 4 is 28.9 Å². The van der Waals surface area contributed by atoms with Crippen LogP contribution in [-0.4, -0.2) is 23.0 Å². The molecule has 3 nitrogen and oxygen atoms in total. The number of hydrogen-bond donors (Lipinski definition) is 1. The van der Waals surface area contributed by atoms with Crippen LogP contribution in [0.1, 0.15) is 30.2 Å². The molecule has 1 aliphatic rings. The first-order valence-electron chi connectivity index (χ1n) is 7.02. The number of nitrogen functional groups attached to an aromatic ring is 1. The van der Waals surface area contributed by atoms with Crippen molar-refractivity contribution in [3.05, 3.63) is 47.0 Å². The maximum Gasteiger partial charge on any atom is 0.180 e. The van der Waals surface area contributed by atoms with Gasteiger partial charge in [-0.1, -0.05) is 44.2 Å². The lowest BCUT2D eigenvalue weighted by Crippen LogP contribution is -2.23. The molecule has 2 heterocycles. The highest BCUT2D eigenvalue weighted by atomic mass is 35.5. The van der Waals surface area contributed by atoms with Gasteiger partial charge in [0.05, 0.1) is 0 Å². The molecule has 1 atom stereocenters. The second kappa shape index (κ2) is 6.34. The summed E-state index contributed by atoms with van der Waals surface area (Å²) in [4.78, 5) is 7.92. The van der Waals surface area contributed by atoms with Crippen LogP contribution >= 0.6 is 23.7 Å². The summed E-state index contributed by atoms with van der Waals surface area (Å²) in [6.07, 6.45) is 1.91. The van der Waals surface area contributed by atoms with Gasteiger partial charge in [-0.2, -0.15) is 0 Å². The fraction of sp³-hybridized carbons (Fsp3) is 0.438. The van der Waals surface area contributed by atoms with Gasteiger partial charge in [-0.15, -0.1) is 23.7 Å². The Bertz CT molecular complexity index is 582. The summed E-state index contributed by atoms with van der Waals surface area (Å²) >= 11 is 1.60. The number of halogens is 1. The smallest absolute Gasteiger partial charge is 0.180 e. The average Bonchev–Trinajstić information content (AvgIpc) is 2.94. The fourth-order valence-corrected chi connectivity index (χ4v) is 3.96. The van der Waals surface area contributed by atoms with Gasteiger partial charge in [0.2, 0.25) is 0 Å². The molecule has 1 aliphatic heterocycles. The van der Waals surface area contributed by atoms with Crippen molar-refractivity contribution in [3.8, 4) is 0 Å². The first-order chi connectivity index (χ1) is 9.54. The van der Waals surface area contributed by atoms with Gasteiger partial charge >= 0.3 is 0 Å². The van der Waals surface area contributed by atoms with Gasteiger partial charge in [0.1, 0.15) is 0 Å². The fourth-order valence-electron chi connectivity index (χ4n) is 3.23. The van der Waals surface area contributed by atoms with E-state index in [9.17, 15) is 0 Å². The van der Waals surface area contributed by atoms with Crippen molar-refractivity contribution in [2.45, 2.75) is 26.3 Å². The second-order valence-corrected chi connectivity index (χ2v) is 7.43. The van der Waals surface area contributed by atoms with E-state index < -0.39 is 0 Å². The van der Waals surface area contributed by atoms with Crippen molar-refractivity contribution in [2.24, 2.45) is 5.41 Å². The third-order valence-electron chi connectivity index (χ3n) is 4.17. The van der Waals surface area contributed by atoms with Gasteiger partial charge in [-0.25, -0.2) is 4.98 Å². The maximum atomic E-state index is 5.71. The predicted molar refractivity (Wildman–Crippen MR) is 92.0 cm³/mol. The van der Waals surface area contributed by atoms with Crippen molar-refractivity contribution in [1.82, 2.24) is 9.88 Å². The molecule has 2 aromatic rings. The van der Waals surface area contributed by atoms with Gasteiger partial charge < -0.3 is 5.73 Å². The molecule has 21 heavy (non-hydrogen) atoms. The molecule has 0 amide bonds. The van der Waals surface area contributed by atoms with Gasteiger partial charge in [-0.3, -0.25) is 4.90 Å². The zero-order valence-corrected chi connectivity index (χ0v) is 14.1. The number of nitrogens with zero attached hydrogens (tertiary/aromatic N) is 2. The van der Waals surface area contributed by atoms with Crippen LogP contribution in [0.3, 0.4) is 0 Å². The van der Waals surface area contributed by atoms with E-state index in [0.29, 0.717) is 16.5 Å². The highest BCUT2D eigenvalue weighted by molar-refractivity contribution is 7.15. The zero-order chi connectivity index (χ0) is 14.2. The molecule has 0 radical (unpaired) electrons. The summed E-state index contributed by atoms with van der Waals surface area (Å²) in [5.74, 6) is 0.592. The molecule has 0 bridgehead atoms. The first-order valence-corrected chi connectivity index (χ1v) is 7.84. The molecule has 1 unspecified atom stereocenters. The number of benzene rings is 1. The summed E-state index contributed by atoms with van der Waals surface area (Å²) in [7, 11) is 0. The van der Waals surface area contributed by atoms with Gasteiger partial charge in [0.15, 0.2) is 5.13 Å². The first kappa shape index (κ1) is 16.3. The molecule has 1 fully saturated rings. The quantitative estimate of drug-likeness (QED) is 0.934. The van der Waals surface area contributed by atoms with Gasteiger partial charge in [-0.05, 0) is 11.0 Å². The van der Waals surface area contributed by atoms with Gasteiger partial charge in [0, 0.05) is 36.6 Å². The van der Waals surface area contributed by atoms with E-state index in [1.54, 1.807) is 11.3 Å². The molecular formula is C16H22ClN3S. The van der Waals surface area contributed by atoms with E-state index in [0.717, 1.165) is 19.6 Å². The lowest BCUT2D eigenvalue weighted by molar-refractivity contribution is 0.283. The Morgan fingerprint density at radius 1 is 1.33 bits per heavy atom. The Morgan fingerprint density at radius 3 is 2.67 bits per heavy atom. The van der Waals surface area contributed by atoms with E-state index in [1.807, 2.05) is 6.20 Å². The zero-order valence-electron chi connectivity index (χ0n) is 12.5. The number of aromatic nitrogens is 1. The number of thiazole rings is 1. The Hall–Kier alpha value is -1.10. The lowest BCUT2D eigenvalue weighted by Gasteiger charge is -2.26. The topological polar surface area (TPSA) is 42.2 Å². The molecule has 2 N–H and O–H groups in total. The molecule has 1 aromatic heterocycles. The van der Waals surface area contributed by atoms with E-state index >= 15 is 0 Å². The van der Waals surface area contributed by atoms with Crippen LogP contribution in [0.5, 0.6) is 0 Å². The van der Waals surface area contributed by atoms with Crippen LogP contribution in [0.4, 0.5) is 5.13 Å². The SMILES string of the molecule is CC1(C)CN(Cc2cnc(N)s2)CC1c1ccccc1.Cl. The van der Waals surface area contributed by atoms with Crippen LogP contribution in [0.15, 0.2) is 36.5 Å². The highest BCUT2D eigenvalue weighted by Crippen LogP contribution is 2.42. The van der Waals surface area contributed by atoms with E-state index in [-0.39, 0.29) is 12.4 Å². The molecule has 3 rings (SSSR count). The number of likely N-dealkylation sites (tertiary alicyclic amines) is 1. The Kier molecular flexibility index (Phi) is 4.91. The summed E-state index contributed by atoms with van der Waals surface area (Å²) < 4.78 is 0. The molecular weight excluding hydrogens is 302 g/mol. The van der Waals surface area contributed by atoms with Crippen molar-refractivity contribution in [2.75, 3.05) is 18.8 Å². The Labute approximate surface area is 136 Å². The van der Waals surface area contributed by atoms with E-state index in [4.69, 9.17) is 5.73 Å². The summed E-state index contributed by atoms with van der Waals surface area (Å²) in [6, 6.07) is 10.9. The summed E-state index contributed by atoms with van der Waals surface area (Å²) in [6.45, 7) is 7.91. The number of hydrogen-bond acceptors (Lipinski definition) is 4. The average molecular weight is 324 g/mol. The molecule has 1 aromatic carbocycles. The number of nitrogens with two attached hydrogens (primary N) is 1. The molecule has 114 valence electrons. The molecule has 0 saturated carbocycles. The predicted octanol–water partition coefficient (Wildman–Crippen LogP) is 3.77. The lowest BCUT2D eigenvalue weighted by atomic mass is 9.78. The number of rotatable bonds is 3. The number of anilines is 1. The van der Waals surface area contributed by atoms with Gasteiger partial charge in [0.25, 0.3) is 0 Å². The largest absolute Gasteiger partial charge is 0.375 e. The van der Waals surface area contributed by atoms with Crippen LogP contribution < -0.4 is 5.73 Å². The summed E-state index contributed by atoms with van der Waals surface area (Å²) in [5, 5.41) is 0.665. The monoisotopic (exact) mass is 323 g/mol. The minimum atomic E-state index is 0. The molecule has 1 saturated heterocycles.